The van der Waals surface area contributed by atoms with Crippen LogP contribution < -0.4 is 0 Å². The van der Waals surface area contributed by atoms with Crippen LogP contribution in [0, 0.1) is 0 Å². The van der Waals surface area contributed by atoms with Crippen molar-refractivity contribution in [1.29, 1.82) is 0 Å². The Morgan fingerprint density at radius 1 is 0.667 bits per heavy atom. The van der Waals surface area contributed by atoms with E-state index in [1.807, 2.05) is 0 Å². The first-order valence-corrected chi connectivity index (χ1v) is 5.29. The Hall–Kier alpha value is -1.61. The molecule has 0 unspecified atom stereocenters. The van der Waals surface area contributed by atoms with E-state index in [0.717, 1.165) is 0 Å². The van der Waals surface area contributed by atoms with Gasteiger partial charge in [0.25, 0.3) is 0 Å². The first-order valence-electron chi connectivity index (χ1n) is 4.47. The molecule has 0 saturated heterocycles. The molecular formula is C12H8O2S. The number of rotatable bonds is 2. The molecule has 0 bridgehead atoms. The molecule has 0 aliphatic heterocycles. The smallest absolute Gasteiger partial charge is 0.192 e. The van der Waals surface area contributed by atoms with Crippen LogP contribution in [0.25, 0.3) is 0 Å². The van der Waals surface area contributed by atoms with Crippen molar-refractivity contribution in [1.82, 2.24) is 0 Å². The van der Waals surface area contributed by atoms with Gasteiger partial charge in [-0.2, -0.15) is 0 Å². The molecular weight excluding hydrogens is 208 g/mol. The first kappa shape index (κ1) is 9.93. The minimum absolute atomic E-state index is 0.0502. The fraction of sp³-hybridized carbons (Fsp3) is 0. The van der Waals surface area contributed by atoms with E-state index in [9.17, 15) is 10.2 Å². The maximum Gasteiger partial charge on any atom is 0.192 e. The average Bonchev–Trinajstić information content (AvgIpc) is 2.24. The molecule has 0 atom stereocenters. The summed E-state index contributed by atoms with van der Waals surface area (Å²) in [5.41, 5.74) is 0. The van der Waals surface area contributed by atoms with Gasteiger partial charge in [-0.3, -0.25) is 10.2 Å². The summed E-state index contributed by atoms with van der Waals surface area (Å²) in [7, 11) is 0. The van der Waals surface area contributed by atoms with Crippen LogP contribution in [0.5, 0.6) is 11.5 Å². The molecule has 2 rings (SSSR count). The Kier molecular flexibility index (Phi) is 2.83. The molecule has 0 aromatic heterocycles. The second-order valence-electron chi connectivity index (χ2n) is 3.00. The van der Waals surface area contributed by atoms with Gasteiger partial charge in [0.2, 0.25) is 0 Å². The van der Waals surface area contributed by atoms with Crippen LogP contribution in [0.2, 0.25) is 0 Å². The highest BCUT2D eigenvalue weighted by Crippen LogP contribution is 2.38. The summed E-state index contributed by atoms with van der Waals surface area (Å²) in [5.74, 6) is -0.100. The van der Waals surface area contributed by atoms with Gasteiger partial charge in [-0.25, -0.2) is 0 Å². The fourth-order valence-electron chi connectivity index (χ4n) is 1.19. The Bertz CT molecular complexity index is 425. The molecule has 2 nitrogen and oxygen atoms in total. The van der Waals surface area contributed by atoms with Crippen molar-refractivity contribution in [2.75, 3.05) is 0 Å². The van der Waals surface area contributed by atoms with Gasteiger partial charge in [0.15, 0.2) is 11.5 Å². The van der Waals surface area contributed by atoms with Crippen molar-refractivity contribution >= 4 is 11.8 Å². The number of para-hydroxylation sites is 2. The summed E-state index contributed by atoms with van der Waals surface area (Å²) in [4.78, 5) is 1.17. The lowest BCUT2D eigenvalue weighted by atomic mass is 10.3. The lowest BCUT2D eigenvalue weighted by Crippen LogP contribution is -1.74. The second-order valence-corrected chi connectivity index (χ2v) is 4.08. The van der Waals surface area contributed by atoms with Crippen LogP contribution >= 0.6 is 11.8 Å². The molecule has 0 fully saturated rings. The summed E-state index contributed by atoms with van der Waals surface area (Å²) >= 11 is 1.22. The summed E-state index contributed by atoms with van der Waals surface area (Å²) < 4.78 is 0. The zero-order chi connectivity index (χ0) is 10.7. The molecule has 0 amide bonds. The normalized spacial score (nSPS) is 10.1. The van der Waals surface area contributed by atoms with Gasteiger partial charge < -0.3 is 0 Å². The van der Waals surface area contributed by atoms with E-state index >= 15 is 0 Å². The summed E-state index contributed by atoms with van der Waals surface area (Å²) in [6.07, 6.45) is 0. The number of benzene rings is 2. The van der Waals surface area contributed by atoms with Crippen LogP contribution in [0.15, 0.2) is 58.3 Å². The zero-order valence-corrected chi connectivity index (χ0v) is 8.66. The van der Waals surface area contributed by atoms with E-state index in [0.29, 0.717) is 9.79 Å². The van der Waals surface area contributed by atoms with E-state index in [-0.39, 0.29) is 11.5 Å². The summed E-state index contributed by atoms with van der Waals surface area (Å²) in [5, 5.41) is 22.8. The van der Waals surface area contributed by atoms with E-state index in [4.69, 9.17) is 0 Å². The largest absolute Gasteiger partial charge is 0.289 e. The summed E-state index contributed by atoms with van der Waals surface area (Å²) in [6.45, 7) is 0. The van der Waals surface area contributed by atoms with Crippen molar-refractivity contribution in [3.8, 4) is 11.5 Å². The third kappa shape index (κ3) is 2.25. The molecule has 0 spiro atoms. The Morgan fingerprint density at radius 3 is 1.47 bits per heavy atom. The molecule has 0 N–H and O–H groups in total. The topological polar surface area (TPSA) is 39.8 Å². The average molecular weight is 216 g/mol. The molecule has 15 heavy (non-hydrogen) atoms. The lowest BCUT2D eigenvalue weighted by Gasteiger charge is -2.02. The Labute approximate surface area is 92.2 Å². The third-order valence-electron chi connectivity index (χ3n) is 1.92. The van der Waals surface area contributed by atoms with Crippen molar-refractivity contribution in [2.45, 2.75) is 9.79 Å². The summed E-state index contributed by atoms with van der Waals surface area (Å²) in [6, 6.07) is 13.4. The quantitative estimate of drug-likeness (QED) is 0.744. The lowest BCUT2D eigenvalue weighted by molar-refractivity contribution is 0.342. The second kappa shape index (κ2) is 4.28. The SMILES string of the molecule is [O]c1ccccc1Sc1ccccc1[O]. The minimum Gasteiger partial charge on any atom is -0.289 e. The van der Waals surface area contributed by atoms with Gasteiger partial charge in [0.1, 0.15) is 0 Å². The highest BCUT2D eigenvalue weighted by atomic mass is 32.2. The third-order valence-corrected chi connectivity index (χ3v) is 3.03. The van der Waals surface area contributed by atoms with Crippen molar-refractivity contribution in [2.24, 2.45) is 0 Å². The van der Waals surface area contributed by atoms with Crippen LogP contribution in [0.4, 0.5) is 0 Å². The van der Waals surface area contributed by atoms with Gasteiger partial charge in [-0.05, 0) is 24.3 Å². The fourth-order valence-corrected chi connectivity index (χ4v) is 2.05. The maximum atomic E-state index is 11.4. The van der Waals surface area contributed by atoms with Crippen molar-refractivity contribution in [3.05, 3.63) is 48.5 Å². The molecule has 0 aliphatic rings. The molecule has 0 aliphatic carbocycles. The molecule has 74 valence electrons. The van der Waals surface area contributed by atoms with Crippen LogP contribution in [0.1, 0.15) is 0 Å². The standard InChI is InChI=1S/C12H8O2S/c13-9-5-1-3-7-11(9)15-12-8-4-2-6-10(12)14/h1-8H. The predicted octanol–water partition coefficient (Wildman–Crippen LogP) is 4.13. The molecule has 0 heterocycles. The zero-order valence-electron chi connectivity index (χ0n) is 7.84. The Balaban J connectivity index is 2.30. The predicted molar refractivity (Wildman–Crippen MR) is 57.3 cm³/mol. The van der Waals surface area contributed by atoms with E-state index in [2.05, 4.69) is 0 Å². The van der Waals surface area contributed by atoms with Gasteiger partial charge in [0.05, 0.1) is 9.79 Å². The Morgan fingerprint density at radius 2 is 1.07 bits per heavy atom. The highest BCUT2D eigenvalue weighted by molar-refractivity contribution is 7.99. The maximum absolute atomic E-state index is 11.4. The molecule has 2 radical (unpaired) electrons. The first-order chi connectivity index (χ1) is 7.27. The van der Waals surface area contributed by atoms with Crippen molar-refractivity contribution in [3.63, 3.8) is 0 Å². The number of hydrogen-bond donors (Lipinski definition) is 0. The van der Waals surface area contributed by atoms with Crippen molar-refractivity contribution < 1.29 is 10.2 Å². The van der Waals surface area contributed by atoms with E-state index < -0.39 is 0 Å². The van der Waals surface area contributed by atoms with E-state index in [1.54, 1.807) is 36.4 Å². The van der Waals surface area contributed by atoms with Gasteiger partial charge in [0, 0.05) is 0 Å². The molecule has 2 aromatic rings. The van der Waals surface area contributed by atoms with Gasteiger partial charge in [-0.1, -0.05) is 36.0 Å². The van der Waals surface area contributed by atoms with Gasteiger partial charge >= 0.3 is 0 Å². The molecule has 2 aromatic carbocycles. The molecule has 0 saturated carbocycles. The number of hydrogen-bond acceptors (Lipinski definition) is 1. The van der Waals surface area contributed by atoms with Crippen LogP contribution in [-0.4, -0.2) is 0 Å². The molecule has 3 heteroatoms. The van der Waals surface area contributed by atoms with Gasteiger partial charge in [-0.15, -0.1) is 0 Å². The monoisotopic (exact) mass is 216 g/mol. The minimum atomic E-state index is -0.0502. The van der Waals surface area contributed by atoms with E-state index in [1.165, 1.54) is 23.9 Å². The highest BCUT2D eigenvalue weighted by Gasteiger charge is 2.07. The van der Waals surface area contributed by atoms with Crippen LogP contribution in [-0.2, 0) is 10.2 Å². The van der Waals surface area contributed by atoms with Crippen LogP contribution in [0.3, 0.4) is 0 Å².